The molecule has 3 nitrogen and oxygen atoms in total. The number of hydrogen-bond donors (Lipinski definition) is 3. The lowest BCUT2D eigenvalue weighted by atomic mass is 10.0. The van der Waals surface area contributed by atoms with Gasteiger partial charge in [0.25, 0.3) is 0 Å². The van der Waals surface area contributed by atoms with Crippen LogP contribution in [-0.4, -0.2) is 17.0 Å². The Morgan fingerprint density at radius 1 is 1.40 bits per heavy atom. The van der Waals surface area contributed by atoms with Crippen molar-refractivity contribution in [1.29, 1.82) is 10.8 Å². The summed E-state index contributed by atoms with van der Waals surface area (Å²) in [6.45, 7) is 3.47. The molecule has 0 aliphatic heterocycles. The number of benzene rings is 1. The number of phenols is 1. The summed E-state index contributed by atoms with van der Waals surface area (Å²) in [5.41, 5.74) is 2.39. The Balaban J connectivity index is 3.23. The van der Waals surface area contributed by atoms with Gasteiger partial charge in [-0.3, -0.25) is 0 Å². The molecule has 0 unspecified atom stereocenters. The van der Waals surface area contributed by atoms with Crippen molar-refractivity contribution >= 4 is 17.5 Å². The third kappa shape index (κ3) is 2.31. The lowest BCUT2D eigenvalue weighted by Gasteiger charge is -2.06. The first-order valence-corrected chi connectivity index (χ1v) is 4.66. The maximum absolute atomic E-state index is 9.66. The molecule has 0 radical (unpaired) electrons. The fraction of sp³-hybridized carbons (Fsp3) is 0.167. The molecule has 78 valence electrons. The maximum Gasteiger partial charge on any atom is 0.125 e. The first-order chi connectivity index (χ1) is 7.10. The second kappa shape index (κ2) is 4.55. The van der Waals surface area contributed by atoms with E-state index in [1.807, 2.05) is 6.92 Å². The predicted molar refractivity (Wildman–Crippen MR) is 63.0 cm³/mol. The van der Waals surface area contributed by atoms with Crippen molar-refractivity contribution < 1.29 is 5.11 Å². The van der Waals surface area contributed by atoms with E-state index in [4.69, 9.17) is 10.8 Å². The fourth-order valence-corrected chi connectivity index (χ4v) is 1.36. The molecule has 1 aromatic carbocycles. The second-order valence-electron chi connectivity index (χ2n) is 3.25. The van der Waals surface area contributed by atoms with Gasteiger partial charge in [-0.1, -0.05) is 12.1 Å². The summed E-state index contributed by atoms with van der Waals surface area (Å²) in [7, 11) is 0. The minimum atomic E-state index is 0.0844. The van der Waals surface area contributed by atoms with Gasteiger partial charge in [-0.2, -0.15) is 0 Å². The van der Waals surface area contributed by atoms with Crippen molar-refractivity contribution in [2.75, 3.05) is 0 Å². The molecule has 0 atom stereocenters. The average molecular weight is 202 g/mol. The zero-order valence-electron chi connectivity index (χ0n) is 8.83. The van der Waals surface area contributed by atoms with Gasteiger partial charge >= 0.3 is 0 Å². The zero-order valence-corrected chi connectivity index (χ0v) is 8.83. The molecule has 1 rings (SSSR count). The average Bonchev–Trinajstić information content (AvgIpc) is 2.19. The van der Waals surface area contributed by atoms with Gasteiger partial charge in [-0.05, 0) is 37.1 Å². The standard InChI is InChI=1S/C12H14N2O/c1-3-9(7-13)10-4-5-11(8(2)14)12(15)6-10/h3-7,13-15H,1-2H3/b9-3+,13-7?,14-8?. The van der Waals surface area contributed by atoms with Crippen molar-refractivity contribution in [3.8, 4) is 5.75 Å². The van der Waals surface area contributed by atoms with E-state index in [0.29, 0.717) is 11.3 Å². The van der Waals surface area contributed by atoms with E-state index in [9.17, 15) is 5.11 Å². The van der Waals surface area contributed by atoms with Crippen molar-refractivity contribution in [3.05, 3.63) is 35.4 Å². The maximum atomic E-state index is 9.66. The smallest absolute Gasteiger partial charge is 0.125 e. The number of allylic oxidation sites excluding steroid dienone is 2. The molecule has 0 saturated heterocycles. The van der Waals surface area contributed by atoms with Crippen molar-refractivity contribution in [2.24, 2.45) is 0 Å². The minimum absolute atomic E-state index is 0.0844. The van der Waals surface area contributed by atoms with Crippen LogP contribution in [0.2, 0.25) is 0 Å². The monoisotopic (exact) mass is 202 g/mol. The van der Waals surface area contributed by atoms with E-state index in [2.05, 4.69) is 0 Å². The number of hydrogen-bond acceptors (Lipinski definition) is 3. The molecular formula is C12H14N2O. The lowest BCUT2D eigenvalue weighted by molar-refractivity contribution is 0.474. The molecule has 3 N–H and O–H groups in total. The van der Waals surface area contributed by atoms with Gasteiger partial charge in [0.2, 0.25) is 0 Å². The summed E-state index contributed by atoms with van der Waals surface area (Å²) < 4.78 is 0. The molecule has 15 heavy (non-hydrogen) atoms. The Morgan fingerprint density at radius 3 is 2.47 bits per heavy atom. The molecule has 0 bridgehead atoms. The Kier molecular flexibility index (Phi) is 3.39. The third-order valence-corrected chi connectivity index (χ3v) is 2.20. The van der Waals surface area contributed by atoms with Crippen LogP contribution in [0.1, 0.15) is 25.0 Å². The fourth-order valence-electron chi connectivity index (χ4n) is 1.36. The summed E-state index contributed by atoms with van der Waals surface area (Å²) in [6, 6.07) is 5.07. The van der Waals surface area contributed by atoms with Gasteiger partial charge in [0.1, 0.15) is 5.75 Å². The third-order valence-electron chi connectivity index (χ3n) is 2.20. The summed E-state index contributed by atoms with van der Waals surface area (Å²) in [4.78, 5) is 0. The van der Waals surface area contributed by atoms with Crippen LogP contribution in [0, 0.1) is 10.8 Å². The molecule has 0 aromatic heterocycles. The van der Waals surface area contributed by atoms with Crippen LogP contribution in [0.4, 0.5) is 0 Å². The summed E-state index contributed by atoms with van der Waals surface area (Å²) in [6.07, 6.45) is 3.05. The molecule has 0 aliphatic carbocycles. The molecule has 0 fully saturated rings. The highest BCUT2D eigenvalue weighted by atomic mass is 16.3. The van der Waals surface area contributed by atoms with E-state index in [1.54, 1.807) is 31.2 Å². The minimum Gasteiger partial charge on any atom is -0.507 e. The highest BCUT2D eigenvalue weighted by Gasteiger charge is 2.05. The molecule has 0 amide bonds. The zero-order chi connectivity index (χ0) is 11.4. The van der Waals surface area contributed by atoms with Gasteiger partial charge in [-0.15, -0.1) is 0 Å². The van der Waals surface area contributed by atoms with Crippen molar-refractivity contribution in [1.82, 2.24) is 0 Å². The van der Waals surface area contributed by atoms with E-state index in [0.717, 1.165) is 11.1 Å². The van der Waals surface area contributed by atoms with E-state index in [1.165, 1.54) is 6.21 Å². The van der Waals surface area contributed by atoms with Crippen molar-refractivity contribution in [2.45, 2.75) is 13.8 Å². The Labute approximate surface area is 89.1 Å². The summed E-state index contributed by atoms with van der Waals surface area (Å²) in [5.74, 6) is 0.0844. The first kappa shape index (κ1) is 11.2. The molecular weight excluding hydrogens is 188 g/mol. The Morgan fingerprint density at radius 2 is 2.07 bits per heavy atom. The van der Waals surface area contributed by atoms with Crippen LogP contribution in [0.3, 0.4) is 0 Å². The Hall–Kier alpha value is -1.90. The second-order valence-corrected chi connectivity index (χ2v) is 3.25. The van der Waals surface area contributed by atoms with Crippen LogP contribution in [0.15, 0.2) is 24.3 Å². The number of aromatic hydroxyl groups is 1. The highest BCUT2D eigenvalue weighted by molar-refractivity contribution is 6.09. The molecule has 0 saturated carbocycles. The lowest BCUT2D eigenvalue weighted by Crippen LogP contribution is -1.94. The predicted octanol–water partition coefficient (Wildman–Crippen LogP) is 2.83. The van der Waals surface area contributed by atoms with E-state index < -0.39 is 0 Å². The van der Waals surface area contributed by atoms with Crippen LogP contribution < -0.4 is 0 Å². The van der Waals surface area contributed by atoms with Gasteiger partial charge in [0, 0.05) is 17.5 Å². The van der Waals surface area contributed by atoms with Crippen molar-refractivity contribution in [3.63, 3.8) is 0 Å². The van der Waals surface area contributed by atoms with Crippen LogP contribution in [0.5, 0.6) is 5.75 Å². The molecule has 1 aromatic rings. The summed E-state index contributed by atoms with van der Waals surface area (Å²) >= 11 is 0. The largest absolute Gasteiger partial charge is 0.507 e. The number of phenolic OH excluding ortho intramolecular Hbond substituents is 1. The SMILES string of the molecule is C/C=C(\C=N)c1ccc(C(C)=N)c(O)c1. The molecule has 3 heteroatoms. The van der Waals surface area contributed by atoms with Gasteiger partial charge < -0.3 is 15.9 Å². The number of nitrogens with one attached hydrogen (secondary N) is 2. The molecule has 0 aliphatic rings. The van der Waals surface area contributed by atoms with Gasteiger partial charge in [0.15, 0.2) is 0 Å². The highest BCUT2D eigenvalue weighted by Crippen LogP contribution is 2.23. The molecule has 0 spiro atoms. The first-order valence-electron chi connectivity index (χ1n) is 4.66. The van der Waals surface area contributed by atoms with Crippen LogP contribution in [-0.2, 0) is 0 Å². The number of rotatable bonds is 3. The summed E-state index contributed by atoms with van der Waals surface area (Å²) in [5, 5.41) is 24.3. The Bertz CT molecular complexity index is 433. The topological polar surface area (TPSA) is 67.9 Å². The quantitative estimate of drug-likeness (QED) is 0.648. The normalized spacial score (nSPS) is 11.2. The van der Waals surface area contributed by atoms with Crippen LogP contribution >= 0.6 is 0 Å². The van der Waals surface area contributed by atoms with E-state index >= 15 is 0 Å². The van der Waals surface area contributed by atoms with Gasteiger partial charge in [0.05, 0.1) is 0 Å². The van der Waals surface area contributed by atoms with E-state index in [-0.39, 0.29) is 5.75 Å². The molecule has 0 heterocycles. The van der Waals surface area contributed by atoms with Gasteiger partial charge in [-0.25, -0.2) is 0 Å². The van der Waals surface area contributed by atoms with Crippen LogP contribution in [0.25, 0.3) is 5.57 Å².